The number of methoxy groups -OCH3 is 2. The lowest BCUT2D eigenvalue weighted by molar-refractivity contribution is 0.0794. The molecule has 0 saturated heterocycles. The van der Waals surface area contributed by atoms with E-state index in [1.165, 1.54) is 5.56 Å². The van der Waals surface area contributed by atoms with Crippen LogP contribution in [0.3, 0.4) is 0 Å². The Bertz CT molecular complexity index is 351. The van der Waals surface area contributed by atoms with E-state index in [4.69, 9.17) is 9.47 Å². The molecule has 4 nitrogen and oxygen atoms in total. The fourth-order valence-electron chi connectivity index (χ4n) is 2.59. The van der Waals surface area contributed by atoms with Crippen LogP contribution < -0.4 is 5.32 Å². The Kier molecular flexibility index (Phi) is 9.26. The number of nitrogens with one attached hydrogen (secondary N) is 1. The molecular formula is C17H30N2O2. The molecule has 1 aromatic carbocycles. The van der Waals surface area contributed by atoms with Crippen LogP contribution in [-0.4, -0.2) is 58.0 Å². The summed E-state index contributed by atoms with van der Waals surface area (Å²) in [6.07, 6.45) is 0. The van der Waals surface area contributed by atoms with Crippen LogP contribution in [0.15, 0.2) is 30.3 Å². The highest BCUT2D eigenvalue weighted by Crippen LogP contribution is 2.20. The van der Waals surface area contributed by atoms with Crippen molar-refractivity contribution < 1.29 is 9.47 Å². The molecule has 1 aromatic rings. The summed E-state index contributed by atoms with van der Waals surface area (Å²) in [6.45, 7) is 8.67. The van der Waals surface area contributed by atoms with Gasteiger partial charge in [-0.2, -0.15) is 0 Å². The highest BCUT2D eigenvalue weighted by molar-refractivity contribution is 5.20. The fraction of sp³-hybridized carbons (Fsp3) is 0.647. The van der Waals surface area contributed by atoms with Crippen molar-refractivity contribution in [3.8, 4) is 0 Å². The van der Waals surface area contributed by atoms with E-state index in [1.807, 2.05) is 0 Å². The van der Waals surface area contributed by atoms with Gasteiger partial charge >= 0.3 is 0 Å². The zero-order valence-corrected chi connectivity index (χ0v) is 13.8. The number of hydrogen-bond donors (Lipinski definition) is 1. The number of rotatable bonds is 11. The molecule has 0 saturated carbocycles. The molecule has 1 N–H and O–H groups in total. The second-order valence-electron chi connectivity index (χ2n) is 5.21. The molecule has 1 rings (SSSR count). The molecule has 2 atom stereocenters. The number of hydrogen-bond acceptors (Lipinski definition) is 4. The summed E-state index contributed by atoms with van der Waals surface area (Å²) in [5.41, 5.74) is 1.33. The average molecular weight is 294 g/mol. The number of nitrogens with zero attached hydrogens (tertiary/aromatic N) is 1. The topological polar surface area (TPSA) is 33.7 Å². The maximum atomic E-state index is 5.24. The van der Waals surface area contributed by atoms with Gasteiger partial charge < -0.3 is 14.8 Å². The predicted molar refractivity (Wildman–Crippen MR) is 87.6 cm³/mol. The van der Waals surface area contributed by atoms with Crippen LogP contribution in [0.2, 0.25) is 0 Å². The number of likely N-dealkylation sites (N-methyl/N-ethyl adjacent to an activating group) is 1. The van der Waals surface area contributed by atoms with Crippen molar-refractivity contribution in [2.45, 2.75) is 25.9 Å². The van der Waals surface area contributed by atoms with Crippen molar-refractivity contribution in [1.82, 2.24) is 10.2 Å². The Balaban J connectivity index is 2.81. The van der Waals surface area contributed by atoms with Gasteiger partial charge in [0.25, 0.3) is 0 Å². The normalized spacial score (nSPS) is 14.3. The van der Waals surface area contributed by atoms with E-state index in [2.05, 4.69) is 54.4 Å². The molecule has 21 heavy (non-hydrogen) atoms. The lowest BCUT2D eigenvalue weighted by Crippen LogP contribution is -2.45. The first kappa shape index (κ1) is 18.1. The molecular weight excluding hydrogens is 264 g/mol. The van der Waals surface area contributed by atoms with E-state index >= 15 is 0 Å². The van der Waals surface area contributed by atoms with Crippen LogP contribution in [0.25, 0.3) is 0 Å². The summed E-state index contributed by atoms with van der Waals surface area (Å²) in [7, 11) is 3.50. The first-order chi connectivity index (χ1) is 10.2. The van der Waals surface area contributed by atoms with E-state index in [0.717, 1.165) is 32.8 Å². The van der Waals surface area contributed by atoms with Crippen LogP contribution in [0.1, 0.15) is 25.5 Å². The maximum absolute atomic E-state index is 5.24. The van der Waals surface area contributed by atoms with E-state index < -0.39 is 0 Å². The van der Waals surface area contributed by atoms with Gasteiger partial charge in [-0.05, 0) is 19.0 Å². The molecule has 0 fully saturated rings. The van der Waals surface area contributed by atoms with Crippen LogP contribution >= 0.6 is 0 Å². The number of benzene rings is 1. The lowest BCUT2D eigenvalue weighted by atomic mass is 9.99. The Morgan fingerprint density at radius 2 is 1.62 bits per heavy atom. The summed E-state index contributed by atoms with van der Waals surface area (Å²) >= 11 is 0. The highest BCUT2D eigenvalue weighted by Gasteiger charge is 2.23. The molecule has 0 radical (unpaired) electrons. The molecule has 2 unspecified atom stereocenters. The second kappa shape index (κ2) is 10.7. The first-order valence-electron chi connectivity index (χ1n) is 7.74. The van der Waals surface area contributed by atoms with Gasteiger partial charge in [-0.25, -0.2) is 0 Å². The molecule has 0 aliphatic rings. The minimum atomic E-state index is 0.310. The quantitative estimate of drug-likeness (QED) is 0.679. The molecule has 0 heterocycles. The molecule has 0 amide bonds. The Morgan fingerprint density at radius 1 is 1.05 bits per heavy atom. The third-order valence-electron chi connectivity index (χ3n) is 3.81. The molecule has 120 valence electrons. The van der Waals surface area contributed by atoms with E-state index in [0.29, 0.717) is 12.1 Å². The zero-order chi connectivity index (χ0) is 15.5. The lowest BCUT2D eigenvalue weighted by Gasteiger charge is -2.35. The van der Waals surface area contributed by atoms with Crippen molar-refractivity contribution >= 4 is 0 Å². The summed E-state index contributed by atoms with van der Waals surface area (Å²) in [5, 5.41) is 3.61. The molecule has 0 bridgehead atoms. The maximum Gasteiger partial charge on any atom is 0.0589 e. The van der Waals surface area contributed by atoms with E-state index in [9.17, 15) is 0 Å². The predicted octanol–water partition coefficient (Wildman–Crippen LogP) is 2.32. The van der Waals surface area contributed by atoms with Gasteiger partial charge in [-0.15, -0.1) is 0 Å². The fourth-order valence-corrected chi connectivity index (χ4v) is 2.59. The van der Waals surface area contributed by atoms with Crippen LogP contribution in [0.4, 0.5) is 0 Å². The average Bonchev–Trinajstić information content (AvgIpc) is 2.53. The van der Waals surface area contributed by atoms with Crippen LogP contribution in [0.5, 0.6) is 0 Å². The van der Waals surface area contributed by atoms with Crippen molar-refractivity contribution in [1.29, 1.82) is 0 Å². The Hall–Kier alpha value is -0.940. The smallest absolute Gasteiger partial charge is 0.0589 e. The van der Waals surface area contributed by atoms with Gasteiger partial charge in [0.1, 0.15) is 0 Å². The largest absolute Gasteiger partial charge is 0.383 e. The van der Waals surface area contributed by atoms with E-state index in [1.54, 1.807) is 14.2 Å². The standard InChI is InChI=1S/C17H30N2O2/c1-5-18-17(16-9-7-6-8-10-16)15(2)19(11-13-20-3)12-14-21-4/h6-10,15,17-18H,5,11-14H2,1-4H3. The van der Waals surface area contributed by atoms with E-state index in [-0.39, 0.29) is 0 Å². The third-order valence-corrected chi connectivity index (χ3v) is 3.81. The van der Waals surface area contributed by atoms with Gasteiger partial charge in [0.15, 0.2) is 0 Å². The van der Waals surface area contributed by atoms with Crippen LogP contribution in [-0.2, 0) is 9.47 Å². The van der Waals surface area contributed by atoms with Gasteiger partial charge in [0.05, 0.1) is 13.2 Å². The first-order valence-corrected chi connectivity index (χ1v) is 7.74. The van der Waals surface area contributed by atoms with Crippen molar-refractivity contribution in [3.05, 3.63) is 35.9 Å². The molecule has 0 aliphatic carbocycles. The molecule has 0 spiro atoms. The van der Waals surface area contributed by atoms with Gasteiger partial charge in [0.2, 0.25) is 0 Å². The summed E-state index contributed by atoms with van der Waals surface area (Å²) in [6, 6.07) is 11.3. The summed E-state index contributed by atoms with van der Waals surface area (Å²) in [4.78, 5) is 2.42. The summed E-state index contributed by atoms with van der Waals surface area (Å²) in [5.74, 6) is 0. The van der Waals surface area contributed by atoms with Crippen molar-refractivity contribution in [2.75, 3.05) is 47.1 Å². The van der Waals surface area contributed by atoms with Crippen molar-refractivity contribution in [3.63, 3.8) is 0 Å². The SMILES string of the molecule is CCNC(c1ccccc1)C(C)N(CCOC)CCOC. The van der Waals surface area contributed by atoms with Crippen LogP contribution in [0, 0.1) is 0 Å². The number of ether oxygens (including phenoxy) is 2. The van der Waals surface area contributed by atoms with Gasteiger partial charge in [0, 0.05) is 39.4 Å². The second-order valence-corrected chi connectivity index (χ2v) is 5.21. The Morgan fingerprint density at radius 3 is 2.10 bits per heavy atom. The summed E-state index contributed by atoms with van der Waals surface area (Å²) < 4.78 is 10.5. The van der Waals surface area contributed by atoms with Crippen molar-refractivity contribution in [2.24, 2.45) is 0 Å². The highest BCUT2D eigenvalue weighted by atomic mass is 16.5. The van der Waals surface area contributed by atoms with Gasteiger partial charge in [-0.3, -0.25) is 4.90 Å². The molecule has 0 aliphatic heterocycles. The molecule has 4 heteroatoms. The zero-order valence-electron chi connectivity index (χ0n) is 13.8. The van der Waals surface area contributed by atoms with Gasteiger partial charge in [-0.1, -0.05) is 37.3 Å². The Labute approximate surface area is 129 Å². The minimum absolute atomic E-state index is 0.310. The third kappa shape index (κ3) is 6.14. The molecule has 0 aromatic heterocycles. The monoisotopic (exact) mass is 294 g/mol. The minimum Gasteiger partial charge on any atom is -0.383 e.